The second-order valence-electron chi connectivity index (χ2n) is 11.9. The molecule has 3 aromatic rings. The van der Waals surface area contributed by atoms with Crippen molar-refractivity contribution in [1.82, 2.24) is 19.4 Å². The normalized spacial score (nSPS) is 32.4. The molecule has 2 aliphatic heterocycles. The highest BCUT2D eigenvalue weighted by atomic mass is 16.1. The molecule has 6 atom stereocenters. The predicted octanol–water partition coefficient (Wildman–Crippen LogP) is 5.28. The average Bonchev–Trinajstić information content (AvgIpc) is 2.87. The maximum absolute atomic E-state index is 14.0. The summed E-state index contributed by atoms with van der Waals surface area (Å²) in [5.41, 5.74) is 2.43. The van der Waals surface area contributed by atoms with Gasteiger partial charge < -0.3 is 9.55 Å². The lowest BCUT2D eigenvalue weighted by Crippen LogP contribution is -2.58. The third-order valence-electron chi connectivity index (χ3n) is 9.74. The van der Waals surface area contributed by atoms with Crippen LogP contribution >= 0.6 is 0 Å². The molecule has 0 radical (unpaired) electrons. The molecule has 2 aliphatic carbocycles. The Morgan fingerprint density at radius 3 is 2.25 bits per heavy atom. The summed E-state index contributed by atoms with van der Waals surface area (Å²) >= 11 is 0. The van der Waals surface area contributed by atoms with Gasteiger partial charge in [0.2, 0.25) is 5.56 Å². The van der Waals surface area contributed by atoms with E-state index in [1.165, 1.54) is 63.9 Å². The van der Waals surface area contributed by atoms with Crippen LogP contribution in [0.25, 0.3) is 22.3 Å². The molecule has 2 saturated heterocycles. The van der Waals surface area contributed by atoms with E-state index in [0.29, 0.717) is 23.3 Å². The molecular weight excluding hydrogens is 448 g/mol. The van der Waals surface area contributed by atoms with Crippen molar-refractivity contribution in [1.29, 1.82) is 0 Å². The van der Waals surface area contributed by atoms with Gasteiger partial charge in [0.25, 0.3) is 5.56 Å². The molecule has 4 heterocycles. The SMILES string of the molecule is O=c1cc(-c2nc3ccccc3n(C3C[C@H]4CCC[C@@H](C3)N4C3C[C@H]4CCC[C@@H](C3)C4)c2=O)cc[nH]1. The Labute approximate surface area is 211 Å². The first-order valence-electron chi connectivity index (χ1n) is 14.1. The van der Waals surface area contributed by atoms with Gasteiger partial charge >= 0.3 is 0 Å². The highest BCUT2D eigenvalue weighted by Crippen LogP contribution is 2.47. The molecule has 2 unspecified atom stereocenters. The summed E-state index contributed by atoms with van der Waals surface area (Å²) in [5.74, 6) is 1.87. The topological polar surface area (TPSA) is 71.0 Å². The molecule has 1 N–H and O–H groups in total. The van der Waals surface area contributed by atoms with Crippen molar-refractivity contribution in [2.24, 2.45) is 11.8 Å². The van der Waals surface area contributed by atoms with Crippen molar-refractivity contribution < 1.29 is 0 Å². The van der Waals surface area contributed by atoms with Crippen LogP contribution in [0.5, 0.6) is 0 Å². The van der Waals surface area contributed by atoms with Crippen LogP contribution in [0, 0.1) is 11.8 Å². The number of hydrogen-bond acceptors (Lipinski definition) is 4. The van der Waals surface area contributed by atoms with Crippen molar-refractivity contribution in [3.63, 3.8) is 0 Å². The maximum Gasteiger partial charge on any atom is 0.277 e. The molecule has 4 aliphatic rings. The first-order chi connectivity index (χ1) is 17.6. The number of fused-ring (bicyclic) bond motifs is 5. The number of pyridine rings is 1. The first kappa shape index (κ1) is 22.5. The quantitative estimate of drug-likeness (QED) is 0.549. The van der Waals surface area contributed by atoms with Crippen molar-refractivity contribution in [2.75, 3.05) is 0 Å². The van der Waals surface area contributed by atoms with Crippen LogP contribution in [0.4, 0.5) is 0 Å². The van der Waals surface area contributed by atoms with Crippen LogP contribution in [0.2, 0.25) is 0 Å². The zero-order valence-electron chi connectivity index (χ0n) is 20.9. The molecule has 2 saturated carbocycles. The van der Waals surface area contributed by atoms with Gasteiger partial charge in [-0.2, -0.15) is 0 Å². The summed E-state index contributed by atoms with van der Waals surface area (Å²) in [5, 5.41) is 0. The van der Waals surface area contributed by atoms with Crippen LogP contribution < -0.4 is 11.1 Å². The first-order valence-corrected chi connectivity index (χ1v) is 14.1. The number of aromatic nitrogens is 3. The smallest absolute Gasteiger partial charge is 0.277 e. The van der Waals surface area contributed by atoms with Crippen molar-refractivity contribution >= 4 is 11.0 Å². The van der Waals surface area contributed by atoms with Crippen molar-refractivity contribution in [2.45, 2.75) is 94.8 Å². The number of nitrogens with one attached hydrogen (secondary N) is 1. The molecule has 6 nitrogen and oxygen atoms in total. The van der Waals surface area contributed by atoms with Gasteiger partial charge in [-0.15, -0.1) is 0 Å². The highest BCUT2D eigenvalue weighted by molar-refractivity contribution is 5.78. The van der Waals surface area contributed by atoms with Gasteiger partial charge in [-0.05, 0) is 75.0 Å². The highest BCUT2D eigenvalue weighted by Gasteiger charge is 2.45. The van der Waals surface area contributed by atoms with E-state index in [9.17, 15) is 9.59 Å². The predicted molar refractivity (Wildman–Crippen MR) is 142 cm³/mol. The summed E-state index contributed by atoms with van der Waals surface area (Å²) < 4.78 is 2.04. The minimum absolute atomic E-state index is 0.0666. The van der Waals surface area contributed by atoms with Crippen molar-refractivity contribution in [3.8, 4) is 11.3 Å². The van der Waals surface area contributed by atoms with E-state index in [1.807, 2.05) is 28.8 Å². The van der Waals surface area contributed by atoms with Crippen LogP contribution in [-0.4, -0.2) is 37.6 Å². The standard InChI is InChI=1S/C30H36N4O2/c35-28-16-21(11-12-31-28)29-30(36)34(27-10-2-1-9-26(27)32-29)25-17-22-7-4-8-23(18-25)33(22)24-14-19-5-3-6-20(13-19)15-24/h1-2,9-12,16,19-20,22-25H,3-8,13-15,17-18H2,(H,31,35)/t19-,20+,22-,23+,24?,25?. The van der Waals surface area contributed by atoms with Gasteiger partial charge in [-0.3, -0.25) is 14.5 Å². The van der Waals surface area contributed by atoms with E-state index < -0.39 is 0 Å². The van der Waals surface area contributed by atoms with Crippen LogP contribution in [0.3, 0.4) is 0 Å². The largest absolute Gasteiger partial charge is 0.329 e. The van der Waals surface area contributed by atoms with E-state index in [-0.39, 0.29) is 17.2 Å². The summed E-state index contributed by atoms with van der Waals surface area (Å²) in [4.78, 5) is 36.4. The van der Waals surface area contributed by atoms with Gasteiger partial charge in [0.1, 0.15) is 5.69 Å². The number of nitrogens with zero attached hydrogens (tertiary/aromatic N) is 3. The summed E-state index contributed by atoms with van der Waals surface area (Å²) in [6, 6.07) is 13.3. The molecule has 4 fully saturated rings. The maximum atomic E-state index is 14.0. The Balaban J connectivity index is 1.27. The molecule has 4 bridgehead atoms. The molecule has 0 spiro atoms. The van der Waals surface area contributed by atoms with Gasteiger partial charge in [0.05, 0.1) is 11.0 Å². The minimum atomic E-state index is -0.214. The lowest BCUT2D eigenvalue weighted by molar-refractivity contribution is -0.0485. The number of H-pyrrole nitrogens is 1. The molecule has 2 aromatic heterocycles. The van der Waals surface area contributed by atoms with E-state index in [1.54, 1.807) is 12.3 Å². The van der Waals surface area contributed by atoms with Gasteiger partial charge in [-0.25, -0.2) is 4.98 Å². The molecular formula is C30H36N4O2. The third kappa shape index (κ3) is 3.85. The van der Waals surface area contributed by atoms with E-state index in [0.717, 1.165) is 41.8 Å². The third-order valence-corrected chi connectivity index (χ3v) is 9.74. The fourth-order valence-electron chi connectivity index (χ4n) is 8.43. The van der Waals surface area contributed by atoms with E-state index >= 15 is 0 Å². The Hall–Kier alpha value is -2.73. The Morgan fingerprint density at radius 2 is 1.50 bits per heavy atom. The van der Waals surface area contributed by atoms with Gasteiger partial charge in [0, 0.05) is 42.0 Å². The molecule has 7 rings (SSSR count). The Kier molecular flexibility index (Phi) is 5.61. The Morgan fingerprint density at radius 1 is 0.778 bits per heavy atom. The molecule has 6 heteroatoms. The lowest BCUT2D eigenvalue weighted by atomic mass is 9.68. The van der Waals surface area contributed by atoms with Crippen LogP contribution in [0.1, 0.15) is 76.7 Å². The number of para-hydroxylation sites is 2. The second kappa shape index (κ2) is 8.98. The molecule has 188 valence electrons. The second-order valence-corrected chi connectivity index (χ2v) is 11.9. The van der Waals surface area contributed by atoms with E-state index in [2.05, 4.69) is 9.88 Å². The van der Waals surface area contributed by atoms with Crippen LogP contribution in [0.15, 0.2) is 52.2 Å². The van der Waals surface area contributed by atoms with Gasteiger partial charge in [-0.1, -0.05) is 37.8 Å². The number of hydrogen-bond donors (Lipinski definition) is 1. The van der Waals surface area contributed by atoms with Crippen LogP contribution in [-0.2, 0) is 0 Å². The minimum Gasteiger partial charge on any atom is -0.329 e. The zero-order chi connectivity index (χ0) is 24.2. The number of piperidine rings is 2. The van der Waals surface area contributed by atoms with Gasteiger partial charge in [0.15, 0.2) is 0 Å². The Bertz CT molecular complexity index is 1370. The molecule has 0 amide bonds. The summed E-state index contributed by atoms with van der Waals surface area (Å²) in [7, 11) is 0. The summed E-state index contributed by atoms with van der Waals surface area (Å²) in [6.45, 7) is 0. The number of rotatable bonds is 3. The van der Waals surface area contributed by atoms with Crippen molar-refractivity contribution in [3.05, 3.63) is 63.3 Å². The summed E-state index contributed by atoms with van der Waals surface area (Å²) in [6.07, 6.45) is 16.0. The molecule has 36 heavy (non-hydrogen) atoms. The lowest BCUT2D eigenvalue weighted by Gasteiger charge is -2.55. The molecule has 1 aromatic carbocycles. The number of aromatic amines is 1. The fourth-order valence-corrected chi connectivity index (χ4v) is 8.43. The number of benzene rings is 1. The zero-order valence-corrected chi connectivity index (χ0v) is 20.9. The van der Waals surface area contributed by atoms with E-state index in [4.69, 9.17) is 4.98 Å². The fraction of sp³-hybridized carbons (Fsp3) is 0.567. The monoisotopic (exact) mass is 484 g/mol. The average molecular weight is 485 g/mol.